The Hall–Kier alpha value is -2.76. The minimum Gasteiger partial charge on any atom is -0.353 e. The van der Waals surface area contributed by atoms with Gasteiger partial charge in [-0.05, 0) is 37.0 Å². The van der Waals surface area contributed by atoms with Crippen molar-refractivity contribution in [2.45, 2.75) is 31.7 Å². The van der Waals surface area contributed by atoms with E-state index in [2.05, 4.69) is 5.32 Å². The summed E-state index contributed by atoms with van der Waals surface area (Å²) in [6.07, 6.45) is 2.34. The van der Waals surface area contributed by atoms with Gasteiger partial charge in [0.15, 0.2) is 0 Å². The van der Waals surface area contributed by atoms with Gasteiger partial charge in [0.2, 0.25) is 5.91 Å². The van der Waals surface area contributed by atoms with Gasteiger partial charge in [0.1, 0.15) is 11.6 Å². The lowest BCUT2D eigenvalue weighted by molar-refractivity contribution is -0.122. The summed E-state index contributed by atoms with van der Waals surface area (Å²) in [6, 6.07) is 12.8. The normalized spacial score (nSPS) is 14.8. The minimum atomic E-state index is -0.851. The number of carbonyl (C=O) groups is 2. The Kier molecular flexibility index (Phi) is 6.16. The molecule has 0 radical (unpaired) electrons. The Morgan fingerprint density at radius 1 is 1.04 bits per heavy atom. The van der Waals surface area contributed by atoms with Crippen molar-refractivity contribution in [2.24, 2.45) is 0 Å². The van der Waals surface area contributed by atoms with E-state index in [0.29, 0.717) is 44.8 Å². The molecule has 3 rings (SSSR count). The average molecular weight is 372 g/mol. The molecule has 2 aromatic carbocycles. The summed E-state index contributed by atoms with van der Waals surface area (Å²) >= 11 is 0. The highest BCUT2D eigenvalue weighted by Gasteiger charge is 2.26. The first-order chi connectivity index (χ1) is 13.0. The first kappa shape index (κ1) is 19.0. The number of hydrogen-bond acceptors (Lipinski definition) is 2. The van der Waals surface area contributed by atoms with Crippen LogP contribution in [0, 0.1) is 11.6 Å². The number of halogens is 2. The summed E-state index contributed by atoms with van der Waals surface area (Å²) in [5.74, 6) is -2.01. The Balaban J connectivity index is 1.45. The molecule has 2 aromatic rings. The number of benzene rings is 2. The summed E-state index contributed by atoms with van der Waals surface area (Å²) in [4.78, 5) is 26.1. The molecule has 1 aliphatic heterocycles. The van der Waals surface area contributed by atoms with Crippen molar-refractivity contribution >= 4 is 11.8 Å². The molecular weight excluding hydrogens is 350 g/mol. The number of aryl methyl sites for hydroxylation is 1. The lowest BCUT2D eigenvalue weighted by Gasteiger charge is -2.32. The van der Waals surface area contributed by atoms with E-state index in [0.717, 1.165) is 11.6 Å². The van der Waals surface area contributed by atoms with E-state index in [9.17, 15) is 18.4 Å². The van der Waals surface area contributed by atoms with Crippen LogP contribution in [0.4, 0.5) is 8.78 Å². The van der Waals surface area contributed by atoms with Crippen molar-refractivity contribution in [3.63, 3.8) is 0 Å². The SMILES string of the molecule is O=C(CCc1ccccc1)NC1CCN(C(=O)c2ccc(F)cc2F)CC1. The van der Waals surface area contributed by atoms with E-state index in [1.54, 1.807) is 4.90 Å². The van der Waals surface area contributed by atoms with Crippen molar-refractivity contribution in [3.05, 3.63) is 71.3 Å². The molecule has 0 unspecified atom stereocenters. The van der Waals surface area contributed by atoms with Crippen LogP contribution in [0.2, 0.25) is 0 Å². The monoisotopic (exact) mass is 372 g/mol. The summed E-state index contributed by atoms with van der Waals surface area (Å²) in [5, 5.41) is 3.01. The predicted molar refractivity (Wildman–Crippen MR) is 98.2 cm³/mol. The standard InChI is InChI=1S/C21H22F2N2O2/c22-16-7-8-18(19(23)14-16)21(27)25-12-10-17(11-13-25)24-20(26)9-6-15-4-2-1-3-5-15/h1-5,7-8,14,17H,6,9-13H2,(H,24,26). The summed E-state index contributed by atoms with van der Waals surface area (Å²) in [7, 11) is 0. The number of hydrogen-bond donors (Lipinski definition) is 1. The highest BCUT2D eigenvalue weighted by atomic mass is 19.1. The van der Waals surface area contributed by atoms with Gasteiger partial charge in [-0.3, -0.25) is 9.59 Å². The number of carbonyl (C=O) groups excluding carboxylic acids is 2. The van der Waals surface area contributed by atoms with Crippen LogP contribution < -0.4 is 5.32 Å². The quantitative estimate of drug-likeness (QED) is 0.875. The zero-order valence-corrected chi connectivity index (χ0v) is 15.0. The van der Waals surface area contributed by atoms with Gasteiger partial charge in [0, 0.05) is 31.6 Å². The molecular formula is C21H22F2N2O2. The number of amides is 2. The first-order valence-electron chi connectivity index (χ1n) is 9.10. The highest BCUT2D eigenvalue weighted by Crippen LogP contribution is 2.17. The minimum absolute atomic E-state index is 0.00629. The molecule has 1 saturated heterocycles. The maximum absolute atomic E-state index is 13.8. The van der Waals surface area contributed by atoms with Gasteiger partial charge in [-0.1, -0.05) is 30.3 Å². The second-order valence-electron chi connectivity index (χ2n) is 6.74. The van der Waals surface area contributed by atoms with Crippen LogP contribution >= 0.6 is 0 Å². The third kappa shape index (κ3) is 5.12. The van der Waals surface area contributed by atoms with Crippen molar-refractivity contribution < 1.29 is 18.4 Å². The zero-order valence-electron chi connectivity index (χ0n) is 15.0. The van der Waals surface area contributed by atoms with E-state index in [1.165, 1.54) is 6.07 Å². The van der Waals surface area contributed by atoms with Gasteiger partial charge in [0.05, 0.1) is 5.56 Å². The molecule has 0 aromatic heterocycles. The largest absolute Gasteiger partial charge is 0.353 e. The number of rotatable bonds is 5. The molecule has 4 nitrogen and oxygen atoms in total. The van der Waals surface area contributed by atoms with Gasteiger partial charge in [0.25, 0.3) is 5.91 Å². The molecule has 0 bridgehead atoms. The van der Waals surface area contributed by atoms with E-state index in [-0.39, 0.29) is 17.5 Å². The second kappa shape index (κ2) is 8.75. The van der Waals surface area contributed by atoms with Crippen LogP contribution in [-0.4, -0.2) is 35.8 Å². The fourth-order valence-corrected chi connectivity index (χ4v) is 3.26. The maximum Gasteiger partial charge on any atom is 0.256 e. The number of piperidine rings is 1. The molecule has 1 aliphatic rings. The molecule has 1 N–H and O–H groups in total. The summed E-state index contributed by atoms with van der Waals surface area (Å²) in [5.41, 5.74) is 0.996. The molecule has 0 spiro atoms. The van der Waals surface area contributed by atoms with Gasteiger partial charge in [-0.2, -0.15) is 0 Å². The fourth-order valence-electron chi connectivity index (χ4n) is 3.26. The third-order valence-corrected chi connectivity index (χ3v) is 4.79. The number of likely N-dealkylation sites (tertiary alicyclic amines) is 1. The predicted octanol–water partition coefficient (Wildman–Crippen LogP) is 3.32. The van der Waals surface area contributed by atoms with E-state index in [1.807, 2.05) is 30.3 Å². The van der Waals surface area contributed by atoms with Crippen LogP contribution in [-0.2, 0) is 11.2 Å². The second-order valence-corrected chi connectivity index (χ2v) is 6.74. The number of nitrogens with zero attached hydrogens (tertiary/aromatic N) is 1. The Labute approximate surface area is 157 Å². The highest BCUT2D eigenvalue weighted by molar-refractivity contribution is 5.94. The molecule has 0 saturated carbocycles. The topological polar surface area (TPSA) is 49.4 Å². The van der Waals surface area contributed by atoms with Crippen LogP contribution in [0.5, 0.6) is 0 Å². The van der Waals surface area contributed by atoms with Crippen molar-refractivity contribution in [1.82, 2.24) is 10.2 Å². The third-order valence-electron chi connectivity index (χ3n) is 4.79. The molecule has 0 aliphatic carbocycles. The zero-order chi connectivity index (χ0) is 19.2. The van der Waals surface area contributed by atoms with Crippen LogP contribution in [0.15, 0.2) is 48.5 Å². The van der Waals surface area contributed by atoms with E-state index < -0.39 is 17.5 Å². The molecule has 0 atom stereocenters. The lowest BCUT2D eigenvalue weighted by atomic mass is 10.0. The summed E-state index contributed by atoms with van der Waals surface area (Å²) < 4.78 is 26.8. The summed E-state index contributed by atoms with van der Waals surface area (Å²) in [6.45, 7) is 0.860. The van der Waals surface area contributed by atoms with Gasteiger partial charge in [-0.25, -0.2) is 8.78 Å². The molecule has 27 heavy (non-hydrogen) atoms. The average Bonchev–Trinajstić information content (AvgIpc) is 2.67. The first-order valence-corrected chi connectivity index (χ1v) is 9.10. The van der Waals surface area contributed by atoms with Crippen LogP contribution in [0.25, 0.3) is 0 Å². The molecule has 142 valence electrons. The molecule has 1 heterocycles. The lowest BCUT2D eigenvalue weighted by Crippen LogP contribution is -2.46. The molecule has 1 fully saturated rings. The van der Waals surface area contributed by atoms with E-state index >= 15 is 0 Å². The van der Waals surface area contributed by atoms with Crippen molar-refractivity contribution in [2.75, 3.05) is 13.1 Å². The number of nitrogens with one attached hydrogen (secondary N) is 1. The van der Waals surface area contributed by atoms with Crippen molar-refractivity contribution in [3.8, 4) is 0 Å². The fraction of sp³-hybridized carbons (Fsp3) is 0.333. The van der Waals surface area contributed by atoms with Gasteiger partial charge < -0.3 is 10.2 Å². The van der Waals surface area contributed by atoms with Crippen molar-refractivity contribution in [1.29, 1.82) is 0 Å². The van der Waals surface area contributed by atoms with Crippen LogP contribution in [0.1, 0.15) is 35.2 Å². The van der Waals surface area contributed by atoms with Gasteiger partial charge >= 0.3 is 0 Å². The Morgan fingerprint density at radius 2 is 1.74 bits per heavy atom. The van der Waals surface area contributed by atoms with Crippen LogP contribution in [0.3, 0.4) is 0 Å². The van der Waals surface area contributed by atoms with Gasteiger partial charge in [-0.15, -0.1) is 0 Å². The smallest absolute Gasteiger partial charge is 0.256 e. The molecule has 6 heteroatoms. The molecule has 2 amide bonds. The Morgan fingerprint density at radius 3 is 2.41 bits per heavy atom. The Bertz CT molecular complexity index is 803. The maximum atomic E-state index is 13.8. The van der Waals surface area contributed by atoms with E-state index in [4.69, 9.17) is 0 Å².